The van der Waals surface area contributed by atoms with Crippen molar-refractivity contribution in [1.82, 2.24) is 4.90 Å². The molecule has 118 valence electrons. The highest BCUT2D eigenvalue weighted by molar-refractivity contribution is 5.93. The van der Waals surface area contributed by atoms with Crippen molar-refractivity contribution in [1.29, 1.82) is 0 Å². The average molecular weight is 293 g/mol. The van der Waals surface area contributed by atoms with E-state index in [0.29, 0.717) is 29.6 Å². The van der Waals surface area contributed by atoms with E-state index in [2.05, 4.69) is 31.1 Å². The highest BCUT2D eigenvalue weighted by Gasteiger charge is 2.12. The summed E-state index contributed by atoms with van der Waals surface area (Å²) in [6.45, 7) is 5.09. The fraction of sp³-hybridized carbons (Fsp3) is 0.562. The van der Waals surface area contributed by atoms with Gasteiger partial charge in [-0.05, 0) is 38.6 Å². The van der Waals surface area contributed by atoms with Crippen LogP contribution < -0.4 is 15.8 Å². The zero-order valence-corrected chi connectivity index (χ0v) is 13.5. The van der Waals surface area contributed by atoms with Crippen LogP contribution in [0.25, 0.3) is 0 Å². The molecular weight excluding hydrogens is 266 g/mol. The van der Waals surface area contributed by atoms with Crippen LogP contribution in [-0.2, 0) is 4.79 Å². The molecular formula is C16H27N3O2. The van der Waals surface area contributed by atoms with Crippen molar-refractivity contribution in [2.45, 2.75) is 39.2 Å². The van der Waals surface area contributed by atoms with Gasteiger partial charge in [-0.3, -0.25) is 4.79 Å². The standard InChI is InChI=1S/C16H27N3O2/c1-5-6-12(2)19(3)10-9-16(20)18-14-11-13(17)7-8-15(14)21-4/h7-8,11-12H,5-6,9-10,17H2,1-4H3,(H,18,20). The number of amides is 1. The largest absolute Gasteiger partial charge is 0.495 e. The van der Waals surface area contributed by atoms with E-state index in [0.717, 1.165) is 19.4 Å². The lowest BCUT2D eigenvalue weighted by molar-refractivity contribution is -0.116. The molecule has 1 rings (SSSR count). The van der Waals surface area contributed by atoms with Gasteiger partial charge in [0.05, 0.1) is 12.8 Å². The van der Waals surface area contributed by atoms with Gasteiger partial charge in [0.15, 0.2) is 0 Å². The highest BCUT2D eigenvalue weighted by Crippen LogP contribution is 2.26. The monoisotopic (exact) mass is 293 g/mol. The second-order valence-corrected chi connectivity index (χ2v) is 5.38. The molecule has 0 heterocycles. The summed E-state index contributed by atoms with van der Waals surface area (Å²) in [5.41, 5.74) is 6.95. The zero-order valence-electron chi connectivity index (χ0n) is 13.5. The van der Waals surface area contributed by atoms with Gasteiger partial charge in [0.25, 0.3) is 0 Å². The highest BCUT2D eigenvalue weighted by atomic mass is 16.5. The van der Waals surface area contributed by atoms with Gasteiger partial charge >= 0.3 is 0 Å². The van der Waals surface area contributed by atoms with E-state index >= 15 is 0 Å². The number of benzene rings is 1. The number of carbonyl (C=O) groups is 1. The molecule has 0 aromatic heterocycles. The summed E-state index contributed by atoms with van der Waals surface area (Å²) in [5, 5.41) is 2.86. The number of nitrogens with two attached hydrogens (primary N) is 1. The molecule has 3 N–H and O–H groups in total. The van der Waals surface area contributed by atoms with Crippen molar-refractivity contribution >= 4 is 17.3 Å². The normalized spacial score (nSPS) is 12.2. The van der Waals surface area contributed by atoms with Gasteiger partial charge in [-0.2, -0.15) is 0 Å². The number of ether oxygens (including phenoxy) is 1. The topological polar surface area (TPSA) is 67.6 Å². The van der Waals surface area contributed by atoms with Crippen LogP contribution >= 0.6 is 0 Å². The third-order valence-corrected chi connectivity index (χ3v) is 3.65. The second-order valence-electron chi connectivity index (χ2n) is 5.38. The van der Waals surface area contributed by atoms with Gasteiger partial charge in [0, 0.05) is 24.7 Å². The molecule has 0 bridgehead atoms. The molecule has 1 atom stereocenters. The molecule has 21 heavy (non-hydrogen) atoms. The summed E-state index contributed by atoms with van der Waals surface area (Å²) in [6, 6.07) is 5.69. The Bertz CT molecular complexity index is 463. The van der Waals surface area contributed by atoms with Crippen molar-refractivity contribution in [3.8, 4) is 5.75 Å². The predicted molar refractivity (Wildman–Crippen MR) is 87.7 cm³/mol. The number of nitrogen functional groups attached to an aromatic ring is 1. The Balaban J connectivity index is 2.52. The van der Waals surface area contributed by atoms with Crippen LogP contribution in [0.3, 0.4) is 0 Å². The fourth-order valence-corrected chi connectivity index (χ4v) is 2.17. The molecule has 0 aliphatic carbocycles. The number of hydrogen-bond acceptors (Lipinski definition) is 4. The maximum Gasteiger partial charge on any atom is 0.225 e. The lowest BCUT2D eigenvalue weighted by atomic mass is 10.1. The van der Waals surface area contributed by atoms with Crippen molar-refractivity contribution < 1.29 is 9.53 Å². The average Bonchev–Trinajstić information content (AvgIpc) is 2.45. The van der Waals surface area contributed by atoms with Crippen molar-refractivity contribution in [2.75, 3.05) is 31.8 Å². The number of carbonyl (C=O) groups excluding carboxylic acids is 1. The Morgan fingerprint density at radius 1 is 1.48 bits per heavy atom. The fourth-order valence-electron chi connectivity index (χ4n) is 2.17. The molecule has 0 saturated carbocycles. The summed E-state index contributed by atoms with van der Waals surface area (Å²) in [4.78, 5) is 14.3. The first-order valence-corrected chi connectivity index (χ1v) is 7.41. The van der Waals surface area contributed by atoms with Gasteiger partial charge in [-0.25, -0.2) is 0 Å². The van der Waals surface area contributed by atoms with E-state index in [9.17, 15) is 4.79 Å². The van der Waals surface area contributed by atoms with Crippen LogP contribution in [-0.4, -0.2) is 37.6 Å². The molecule has 1 aromatic carbocycles. The molecule has 1 aromatic rings. The Labute approximate surface area is 127 Å². The molecule has 0 fully saturated rings. The quantitative estimate of drug-likeness (QED) is 0.723. The molecule has 0 aliphatic rings. The SMILES string of the molecule is CCCC(C)N(C)CCC(=O)Nc1cc(N)ccc1OC. The number of hydrogen-bond donors (Lipinski definition) is 2. The first-order chi connectivity index (χ1) is 9.97. The van der Waals surface area contributed by atoms with E-state index in [4.69, 9.17) is 10.5 Å². The molecule has 0 aliphatic heterocycles. The Kier molecular flexibility index (Phi) is 7.02. The van der Waals surface area contributed by atoms with Crippen LogP contribution in [0.2, 0.25) is 0 Å². The number of nitrogens with one attached hydrogen (secondary N) is 1. The molecule has 0 radical (unpaired) electrons. The van der Waals surface area contributed by atoms with Crippen LogP contribution in [0.15, 0.2) is 18.2 Å². The number of anilines is 2. The Morgan fingerprint density at radius 2 is 2.19 bits per heavy atom. The summed E-state index contributed by atoms with van der Waals surface area (Å²) >= 11 is 0. The number of nitrogens with zero attached hydrogens (tertiary/aromatic N) is 1. The van der Waals surface area contributed by atoms with Crippen LogP contribution in [0.1, 0.15) is 33.1 Å². The minimum atomic E-state index is -0.0329. The third kappa shape index (κ3) is 5.63. The Morgan fingerprint density at radius 3 is 2.81 bits per heavy atom. The minimum absolute atomic E-state index is 0.0329. The molecule has 0 spiro atoms. The van der Waals surface area contributed by atoms with E-state index in [1.165, 1.54) is 0 Å². The summed E-state index contributed by atoms with van der Waals surface area (Å²) in [6.07, 6.45) is 2.74. The summed E-state index contributed by atoms with van der Waals surface area (Å²) < 4.78 is 5.22. The molecule has 5 heteroatoms. The van der Waals surface area contributed by atoms with Crippen LogP contribution in [0.5, 0.6) is 5.75 Å². The molecule has 1 unspecified atom stereocenters. The lowest BCUT2D eigenvalue weighted by Crippen LogP contribution is -2.32. The van der Waals surface area contributed by atoms with Crippen molar-refractivity contribution in [2.24, 2.45) is 0 Å². The van der Waals surface area contributed by atoms with Gasteiger partial charge in [-0.1, -0.05) is 13.3 Å². The maximum absolute atomic E-state index is 12.0. The van der Waals surface area contributed by atoms with E-state index in [1.54, 1.807) is 25.3 Å². The van der Waals surface area contributed by atoms with Crippen molar-refractivity contribution in [3.63, 3.8) is 0 Å². The minimum Gasteiger partial charge on any atom is -0.495 e. The summed E-state index contributed by atoms with van der Waals surface area (Å²) in [7, 11) is 3.62. The van der Waals surface area contributed by atoms with E-state index < -0.39 is 0 Å². The second kappa shape index (κ2) is 8.52. The predicted octanol–water partition coefficient (Wildman–Crippen LogP) is 2.73. The maximum atomic E-state index is 12.0. The van der Waals surface area contributed by atoms with E-state index in [1.807, 2.05) is 0 Å². The summed E-state index contributed by atoms with van der Waals surface area (Å²) in [5.74, 6) is 0.583. The van der Waals surface area contributed by atoms with E-state index in [-0.39, 0.29) is 5.91 Å². The molecule has 5 nitrogen and oxygen atoms in total. The van der Waals surface area contributed by atoms with Crippen molar-refractivity contribution in [3.05, 3.63) is 18.2 Å². The lowest BCUT2D eigenvalue weighted by Gasteiger charge is -2.24. The smallest absolute Gasteiger partial charge is 0.225 e. The van der Waals surface area contributed by atoms with Gasteiger partial charge in [0.1, 0.15) is 5.75 Å². The number of rotatable bonds is 8. The third-order valence-electron chi connectivity index (χ3n) is 3.65. The first-order valence-electron chi connectivity index (χ1n) is 7.41. The van der Waals surface area contributed by atoms with Crippen LogP contribution in [0, 0.1) is 0 Å². The first kappa shape index (κ1) is 17.3. The van der Waals surface area contributed by atoms with Gasteiger partial charge in [-0.15, -0.1) is 0 Å². The Hall–Kier alpha value is -1.75. The molecule has 0 saturated heterocycles. The number of methoxy groups -OCH3 is 1. The van der Waals surface area contributed by atoms with Gasteiger partial charge < -0.3 is 20.7 Å². The van der Waals surface area contributed by atoms with Gasteiger partial charge in [0.2, 0.25) is 5.91 Å². The van der Waals surface area contributed by atoms with Crippen LogP contribution in [0.4, 0.5) is 11.4 Å². The molecule has 1 amide bonds. The zero-order chi connectivity index (χ0) is 15.8.